The predicted octanol–water partition coefficient (Wildman–Crippen LogP) is 2.86. The van der Waals surface area contributed by atoms with Crippen LogP contribution >= 0.6 is 0 Å². The summed E-state index contributed by atoms with van der Waals surface area (Å²) in [5.74, 6) is -1.41. The Balaban J connectivity index is 1.98. The number of nitrogens with one attached hydrogen (secondary N) is 1. The van der Waals surface area contributed by atoms with Crippen molar-refractivity contribution in [2.45, 2.75) is 38.5 Å². The molecule has 7 heteroatoms. The predicted molar refractivity (Wildman–Crippen MR) is 70.6 cm³/mol. The van der Waals surface area contributed by atoms with Crippen molar-refractivity contribution in [2.24, 2.45) is 0 Å². The van der Waals surface area contributed by atoms with Crippen LogP contribution in [-0.2, 0) is 11.3 Å². The van der Waals surface area contributed by atoms with Gasteiger partial charge in [0.25, 0.3) is 0 Å². The molecule has 3 rings (SSSR count). The maximum atomic E-state index is 12.4. The van der Waals surface area contributed by atoms with E-state index in [9.17, 15) is 18.0 Å². The maximum Gasteiger partial charge on any atom is 0.471 e. The van der Waals surface area contributed by atoms with Crippen LogP contribution in [0.5, 0.6) is 0 Å². The minimum Gasteiger partial charge on any atom is -0.338 e. The summed E-state index contributed by atoms with van der Waals surface area (Å²) < 4.78 is 39.1. The molecule has 1 aliphatic heterocycles. The van der Waals surface area contributed by atoms with Crippen LogP contribution in [0.25, 0.3) is 11.0 Å². The molecule has 1 atom stereocenters. The summed E-state index contributed by atoms with van der Waals surface area (Å²) in [5, 5.41) is 2.04. The van der Waals surface area contributed by atoms with Crippen molar-refractivity contribution in [3.63, 3.8) is 0 Å². The number of fused-ring (bicyclic) bond motifs is 3. The molecular weight excluding hydrogens is 283 g/mol. The first-order valence-corrected chi connectivity index (χ1v) is 6.71. The van der Waals surface area contributed by atoms with Crippen molar-refractivity contribution < 1.29 is 18.0 Å². The van der Waals surface area contributed by atoms with Crippen LogP contribution in [0.1, 0.15) is 30.3 Å². The molecule has 1 aromatic heterocycles. The molecule has 1 aliphatic rings. The van der Waals surface area contributed by atoms with Crippen molar-refractivity contribution in [2.75, 3.05) is 0 Å². The third kappa shape index (κ3) is 2.48. The number of aryl methyl sites for hydroxylation is 2. The van der Waals surface area contributed by atoms with Gasteiger partial charge in [-0.3, -0.25) is 4.79 Å². The first-order valence-electron chi connectivity index (χ1n) is 6.71. The number of carbonyl (C=O) groups excluding carboxylic acids is 1. The van der Waals surface area contributed by atoms with Gasteiger partial charge in [0.1, 0.15) is 5.82 Å². The van der Waals surface area contributed by atoms with E-state index in [1.807, 2.05) is 35.0 Å². The van der Waals surface area contributed by atoms with Crippen molar-refractivity contribution in [1.82, 2.24) is 14.9 Å². The molecule has 2 heterocycles. The molecule has 4 nitrogen and oxygen atoms in total. The lowest BCUT2D eigenvalue weighted by Gasteiger charge is -2.25. The van der Waals surface area contributed by atoms with E-state index in [1.54, 1.807) is 0 Å². The summed E-state index contributed by atoms with van der Waals surface area (Å²) >= 11 is 0. The zero-order valence-electron chi connectivity index (χ0n) is 11.4. The van der Waals surface area contributed by atoms with Crippen LogP contribution < -0.4 is 5.32 Å². The number of carbonyl (C=O) groups is 1. The van der Waals surface area contributed by atoms with Crippen LogP contribution in [0.4, 0.5) is 13.2 Å². The lowest BCUT2D eigenvalue weighted by atomic mass is 10.1. The SMILES string of the molecule is Cc1ccc2nc3n(c2c1)CCC[C@@H]3NC(=O)C(F)(F)F. The fraction of sp³-hybridized carbons (Fsp3) is 0.429. The number of benzene rings is 1. The van der Waals surface area contributed by atoms with Gasteiger partial charge in [-0.05, 0) is 37.5 Å². The van der Waals surface area contributed by atoms with Gasteiger partial charge < -0.3 is 9.88 Å². The Kier molecular flexibility index (Phi) is 3.15. The second-order valence-electron chi connectivity index (χ2n) is 5.28. The Bertz CT molecular complexity index is 705. The van der Waals surface area contributed by atoms with E-state index in [0.29, 0.717) is 25.2 Å². The number of aromatic nitrogens is 2. The lowest BCUT2D eigenvalue weighted by molar-refractivity contribution is -0.174. The molecular formula is C14H14F3N3O. The molecule has 1 amide bonds. The van der Waals surface area contributed by atoms with Gasteiger partial charge in [0.2, 0.25) is 0 Å². The Morgan fingerprint density at radius 3 is 2.90 bits per heavy atom. The second-order valence-corrected chi connectivity index (χ2v) is 5.28. The first-order chi connectivity index (χ1) is 9.86. The number of rotatable bonds is 1. The summed E-state index contributed by atoms with van der Waals surface area (Å²) in [7, 11) is 0. The number of alkyl halides is 3. The van der Waals surface area contributed by atoms with Crippen LogP contribution in [0.3, 0.4) is 0 Å². The summed E-state index contributed by atoms with van der Waals surface area (Å²) in [6.45, 7) is 2.65. The van der Waals surface area contributed by atoms with Crippen LogP contribution in [-0.4, -0.2) is 21.6 Å². The number of hydrogen-bond donors (Lipinski definition) is 1. The minimum absolute atomic E-state index is 0.462. The lowest BCUT2D eigenvalue weighted by Crippen LogP contribution is -2.41. The Morgan fingerprint density at radius 2 is 2.19 bits per heavy atom. The van der Waals surface area contributed by atoms with Crippen molar-refractivity contribution in [3.05, 3.63) is 29.6 Å². The average molecular weight is 297 g/mol. The molecule has 0 fully saturated rings. The number of imidazole rings is 1. The Labute approximate surface area is 119 Å². The summed E-state index contributed by atoms with van der Waals surface area (Å²) in [6.07, 6.45) is -3.70. The van der Waals surface area contributed by atoms with Crippen LogP contribution in [0, 0.1) is 6.92 Å². The zero-order chi connectivity index (χ0) is 15.2. The Morgan fingerprint density at radius 1 is 1.43 bits per heavy atom. The molecule has 0 radical (unpaired) electrons. The number of hydrogen-bond acceptors (Lipinski definition) is 2. The molecule has 0 saturated carbocycles. The van der Waals surface area contributed by atoms with E-state index in [0.717, 1.165) is 16.6 Å². The third-order valence-electron chi connectivity index (χ3n) is 3.68. The molecule has 1 aromatic carbocycles. The highest BCUT2D eigenvalue weighted by Gasteiger charge is 2.41. The monoisotopic (exact) mass is 297 g/mol. The topological polar surface area (TPSA) is 46.9 Å². The summed E-state index contributed by atoms with van der Waals surface area (Å²) in [6, 6.07) is 5.02. The fourth-order valence-electron chi connectivity index (χ4n) is 2.71. The highest BCUT2D eigenvalue weighted by molar-refractivity contribution is 5.82. The van der Waals surface area contributed by atoms with E-state index in [1.165, 1.54) is 0 Å². The standard InChI is InChI=1S/C14H14F3N3O/c1-8-4-5-9-11(7-8)20-6-2-3-10(12(20)18-9)19-13(21)14(15,16)17/h4-5,7,10H,2-3,6H2,1H3,(H,19,21)/t10-/m0/s1. The quantitative estimate of drug-likeness (QED) is 0.880. The summed E-state index contributed by atoms with van der Waals surface area (Å²) in [5.41, 5.74) is 2.70. The van der Waals surface area contributed by atoms with Gasteiger partial charge in [-0.25, -0.2) is 4.98 Å². The molecule has 2 aromatic rings. The van der Waals surface area contributed by atoms with Gasteiger partial charge in [-0.2, -0.15) is 13.2 Å². The number of halogens is 3. The highest BCUT2D eigenvalue weighted by atomic mass is 19.4. The molecule has 0 unspecified atom stereocenters. The molecule has 0 spiro atoms. The molecule has 0 aliphatic carbocycles. The van der Waals surface area contributed by atoms with E-state index in [4.69, 9.17) is 0 Å². The third-order valence-corrected chi connectivity index (χ3v) is 3.68. The summed E-state index contributed by atoms with van der Waals surface area (Å²) in [4.78, 5) is 15.5. The maximum absolute atomic E-state index is 12.4. The van der Waals surface area contributed by atoms with Crippen molar-refractivity contribution >= 4 is 16.9 Å². The van der Waals surface area contributed by atoms with Gasteiger partial charge in [0, 0.05) is 6.54 Å². The first kappa shape index (κ1) is 13.9. The average Bonchev–Trinajstić information content (AvgIpc) is 2.77. The van der Waals surface area contributed by atoms with E-state index >= 15 is 0 Å². The van der Waals surface area contributed by atoms with Crippen LogP contribution in [0.15, 0.2) is 18.2 Å². The molecule has 112 valence electrons. The van der Waals surface area contributed by atoms with E-state index in [-0.39, 0.29) is 0 Å². The number of nitrogens with zero attached hydrogens (tertiary/aromatic N) is 2. The van der Waals surface area contributed by atoms with Gasteiger partial charge in [-0.15, -0.1) is 0 Å². The zero-order valence-corrected chi connectivity index (χ0v) is 11.4. The number of amides is 1. The van der Waals surface area contributed by atoms with Crippen molar-refractivity contribution in [3.8, 4) is 0 Å². The fourth-order valence-corrected chi connectivity index (χ4v) is 2.71. The molecule has 0 bridgehead atoms. The van der Waals surface area contributed by atoms with Crippen molar-refractivity contribution in [1.29, 1.82) is 0 Å². The minimum atomic E-state index is -4.87. The smallest absolute Gasteiger partial charge is 0.338 e. The van der Waals surface area contributed by atoms with E-state index in [2.05, 4.69) is 4.98 Å². The largest absolute Gasteiger partial charge is 0.471 e. The van der Waals surface area contributed by atoms with Crippen LogP contribution in [0.2, 0.25) is 0 Å². The highest BCUT2D eigenvalue weighted by Crippen LogP contribution is 2.30. The van der Waals surface area contributed by atoms with Gasteiger partial charge in [0.05, 0.1) is 17.1 Å². The molecule has 21 heavy (non-hydrogen) atoms. The van der Waals surface area contributed by atoms with E-state index < -0.39 is 18.1 Å². The normalized spacial score (nSPS) is 18.6. The van der Waals surface area contributed by atoms with Gasteiger partial charge in [0.15, 0.2) is 0 Å². The van der Waals surface area contributed by atoms with Gasteiger partial charge in [-0.1, -0.05) is 6.07 Å². The van der Waals surface area contributed by atoms with Gasteiger partial charge >= 0.3 is 12.1 Å². The molecule has 1 N–H and O–H groups in total. The molecule has 0 saturated heterocycles. The second kappa shape index (κ2) is 4.75. The Hall–Kier alpha value is -2.05.